The van der Waals surface area contributed by atoms with Gasteiger partial charge in [-0.2, -0.15) is 18.2 Å². The summed E-state index contributed by atoms with van der Waals surface area (Å²) in [5, 5.41) is -0.101. The number of pyridine rings is 1. The van der Waals surface area contributed by atoms with Gasteiger partial charge in [-0.15, -0.1) is 0 Å². The lowest BCUT2D eigenvalue weighted by Crippen LogP contribution is -2.54. The van der Waals surface area contributed by atoms with Gasteiger partial charge in [0.25, 0.3) is 0 Å². The highest BCUT2D eigenvalue weighted by Gasteiger charge is 2.37. The van der Waals surface area contributed by atoms with E-state index in [0.29, 0.717) is 36.6 Å². The van der Waals surface area contributed by atoms with E-state index in [0.717, 1.165) is 23.0 Å². The fourth-order valence-corrected chi connectivity index (χ4v) is 6.96. The second kappa shape index (κ2) is 11.5. The van der Waals surface area contributed by atoms with Crippen LogP contribution in [0.15, 0.2) is 64.8 Å². The van der Waals surface area contributed by atoms with Crippen LogP contribution in [0.1, 0.15) is 36.8 Å². The first-order valence-electron chi connectivity index (χ1n) is 14.6. The van der Waals surface area contributed by atoms with Crippen LogP contribution in [0.5, 0.6) is 0 Å². The maximum atomic E-state index is 16.0. The van der Waals surface area contributed by atoms with Crippen LogP contribution in [0.2, 0.25) is 0 Å². The van der Waals surface area contributed by atoms with Crippen molar-refractivity contribution in [2.75, 3.05) is 30.8 Å². The molecule has 2 fully saturated rings. The van der Waals surface area contributed by atoms with Crippen LogP contribution in [0.25, 0.3) is 28.0 Å². The Labute approximate surface area is 265 Å². The summed E-state index contributed by atoms with van der Waals surface area (Å²) in [7, 11) is -4.00. The van der Waals surface area contributed by atoms with Gasteiger partial charge in [0.1, 0.15) is 23.1 Å². The molecule has 9 nitrogen and oxygen atoms in total. The van der Waals surface area contributed by atoms with Crippen LogP contribution >= 0.6 is 0 Å². The van der Waals surface area contributed by atoms with E-state index < -0.39 is 56.2 Å². The van der Waals surface area contributed by atoms with Crippen molar-refractivity contribution in [3.63, 3.8) is 0 Å². The zero-order valence-electron chi connectivity index (χ0n) is 25.2. The lowest BCUT2D eigenvalue weighted by molar-refractivity contribution is -0.137. The highest BCUT2D eigenvalue weighted by Crippen LogP contribution is 2.45. The Kier molecular flexibility index (Phi) is 7.93. The van der Waals surface area contributed by atoms with Crippen LogP contribution < -0.4 is 10.6 Å². The minimum Gasteiger partial charge on any atom is -0.350 e. The van der Waals surface area contributed by atoms with E-state index in [1.165, 1.54) is 17.0 Å². The van der Waals surface area contributed by atoms with Crippen LogP contribution in [0.3, 0.4) is 0 Å². The number of rotatable bonds is 6. The van der Waals surface area contributed by atoms with Gasteiger partial charge in [-0.1, -0.05) is 18.7 Å². The summed E-state index contributed by atoms with van der Waals surface area (Å²) in [4.78, 5) is 37.8. The van der Waals surface area contributed by atoms with Crippen molar-refractivity contribution in [1.29, 1.82) is 0 Å². The molecule has 3 heterocycles. The Morgan fingerprint density at radius 2 is 1.79 bits per heavy atom. The highest BCUT2D eigenvalue weighted by molar-refractivity contribution is 7.90. The van der Waals surface area contributed by atoms with E-state index in [1.807, 2.05) is 0 Å². The van der Waals surface area contributed by atoms with E-state index >= 15 is 4.39 Å². The summed E-state index contributed by atoms with van der Waals surface area (Å²) in [6, 6.07) is 6.42. The molecule has 1 saturated carbocycles. The molecule has 0 unspecified atom stereocenters. The topological polar surface area (TPSA) is 105 Å². The van der Waals surface area contributed by atoms with Crippen molar-refractivity contribution in [3.05, 3.63) is 88.4 Å². The van der Waals surface area contributed by atoms with Crippen molar-refractivity contribution in [1.82, 2.24) is 19.4 Å². The molecule has 15 heteroatoms. The Bertz CT molecular complexity index is 2130. The van der Waals surface area contributed by atoms with E-state index in [2.05, 4.69) is 16.5 Å². The van der Waals surface area contributed by atoms with Crippen LogP contribution in [-0.2, 0) is 20.8 Å². The van der Waals surface area contributed by atoms with Gasteiger partial charge in [-0.25, -0.2) is 31.5 Å². The predicted molar refractivity (Wildman–Crippen MR) is 164 cm³/mol. The molecule has 2 aliphatic rings. The highest BCUT2D eigenvalue weighted by atomic mass is 32.2. The number of amides is 1. The molecular formula is C32H28F5N5O4S. The second-order valence-corrected chi connectivity index (χ2v) is 13.7. The fourth-order valence-electron chi connectivity index (χ4n) is 6.08. The summed E-state index contributed by atoms with van der Waals surface area (Å²) >= 11 is 0. The Hall–Kier alpha value is -4.66. The molecule has 1 aliphatic carbocycles. The van der Waals surface area contributed by atoms with Gasteiger partial charge in [0.2, 0.25) is 5.91 Å². The summed E-state index contributed by atoms with van der Waals surface area (Å²) in [5.74, 6) is -2.83. The number of halogens is 5. The monoisotopic (exact) mass is 673 g/mol. The summed E-state index contributed by atoms with van der Waals surface area (Å²) < 4.78 is 99.6. The van der Waals surface area contributed by atoms with Crippen LogP contribution in [0.4, 0.5) is 27.8 Å². The van der Waals surface area contributed by atoms with Crippen molar-refractivity contribution >= 4 is 32.6 Å². The van der Waals surface area contributed by atoms with E-state index in [9.17, 15) is 35.6 Å². The molecule has 1 amide bonds. The lowest BCUT2D eigenvalue weighted by atomic mass is 10.0. The third-order valence-electron chi connectivity index (χ3n) is 8.40. The van der Waals surface area contributed by atoms with Crippen LogP contribution in [0, 0.1) is 11.6 Å². The molecule has 47 heavy (non-hydrogen) atoms. The summed E-state index contributed by atoms with van der Waals surface area (Å²) in [6.07, 6.45) is -1.53. The standard InChI is InChI=1S/C32H28F5N5O4S/c1-4-26(43)40-12-13-41(17(2)16-40)29-22-15-24(34)27(21-14-19(33)10-11-23(21)32(35,36)37)38-30(22)42(31(44)39-29)28-20(18-8-9-18)6-5-7-25(28)47(3,45)46/h4-7,10-11,14-15,17-18H,1,8-9,12-13,16H2,2-3H3/t17-/m0/s1. The number of hydrogen-bond acceptors (Lipinski definition) is 7. The molecule has 2 aromatic heterocycles. The number of carbonyl (C=O) groups is 1. The third-order valence-corrected chi connectivity index (χ3v) is 9.53. The number of sulfone groups is 1. The number of hydrogen-bond donors (Lipinski definition) is 0. The SMILES string of the molecule is C=CC(=O)N1CCN(c2nc(=O)n(-c3c(C4CC4)cccc3S(C)(=O)=O)c3nc(-c4cc(F)ccc4C(F)(F)F)c(F)cc23)[C@@H](C)C1. The first kappa shape index (κ1) is 32.3. The van der Waals surface area contributed by atoms with Gasteiger partial charge in [-0.05, 0) is 67.7 Å². The normalized spacial score (nSPS) is 17.3. The maximum Gasteiger partial charge on any atom is 0.417 e. The van der Waals surface area contributed by atoms with Crippen molar-refractivity contribution in [2.45, 2.75) is 42.8 Å². The zero-order valence-corrected chi connectivity index (χ0v) is 26.0. The van der Waals surface area contributed by atoms with Crippen LogP contribution in [-0.4, -0.2) is 65.7 Å². The minimum absolute atomic E-state index is 0.0579. The number of para-hydroxylation sites is 1. The summed E-state index contributed by atoms with van der Waals surface area (Å²) in [6.45, 7) is 5.76. The Morgan fingerprint density at radius 3 is 2.40 bits per heavy atom. The minimum atomic E-state index is -5.02. The molecule has 246 valence electrons. The molecule has 0 spiro atoms. The first-order valence-corrected chi connectivity index (χ1v) is 16.5. The number of aromatic nitrogens is 3. The van der Waals surface area contributed by atoms with E-state index in [-0.39, 0.29) is 58.9 Å². The number of benzene rings is 2. The smallest absolute Gasteiger partial charge is 0.350 e. The first-order chi connectivity index (χ1) is 22.1. The summed E-state index contributed by atoms with van der Waals surface area (Å²) in [5.41, 5.74) is -4.15. The molecule has 1 atom stereocenters. The fraction of sp³-hybridized carbons (Fsp3) is 0.312. The van der Waals surface area contributed by atoms with Gasteiger partial charge in [0, 0.05) is 37.5 Å². The number of carbonyl (C=O) groups excluding carboxylic acids is 1. The van der Waals surface area contributed by atoms with Gasteiger partial charge >= 0.3 is 11.9 Å². The second-order valence-electron chi connectivity index (χ2n) is 11.7. The van der Waals surface area contributed by atoms with Gasteiger partial charge in [-0.3, -0.25) is 4.79 Å². The quantitative estimate of drug-likeness (QED) is 0.204. The van der Waals surface area contributed by atoms with Gasteiger partial charge in [0.05, 0.1) is 21.5 Å². The predicted octanol–water partition coefficient (Wildman–Crippen LogP) is 5.25. The molecule has 0 radical (unpaired) electrons. The maximum absolute atomic E-state index is 16.0. The average molecular weight is 674 g/mol. The Morgan fingerprint density at radius 1 is 1.06 bits per heavy atom. The largest absolute Gasteiger partial charge is 0.417 e. The molecule has 1 saturated heterocycles. The molecule has 2 aromatic carbocycles. The number of nitrogens with zero attached hydrogens (tertiary/aromatic N) is 5. The molecule has 0 bridgehead atoms. The number of anilines is 1. The molecule has 1 aliphatic heterocycles. The van der Waals surface area contributed by atoms with E-state index in [4.69, 9.17) is 0 Å². The number of fused-ring (bicyclic) bond motifs is 1. The van der Waals surface area contributed by atoms with Crippen molar-refractivity contribution in [3.8, 4) is 16.9 Å². The average Bonchev–Trinajstić information content (AvgIpc) is 3.84. The van der Waals surface area contributed by atoms with Crippen molar-refractivity contribution in [2.24, 2.45) is 0 Å². The van der Waals surface area contributed by atoms with Gasteiger partial charge < -0.3 is 9.80 Å². The molecule has 0 N–H and O–H groups in total. The van der Waals surface area contributed by atoms with Gasteiger partial charge in [0.15, 0.2) is 15.5 Å². The van der Waals surface area contributed by atoms with Crippen molar-refractivity contribution < 1.29 is 35.2 Å². The Balaban J connectivity index is 1.70. The number of piperazine rings is 1. The third kappa shape index (κ3) is 5.88. The zero-order chi connectivity index (χ0) is 34.0. The molecular weight excluding hydrogens is 645 g/mol. The van der Waals surface area contributed by atoms with E-state index in [1.54, 1.807) is 17.9 Å². The number of alkyl halides is 3. The molecule has 4 aromatic rings. The molecule has 6 rings (SSSR count). The lowest BCUT2D eigenvalue weighted by Gasteiger charge is -2.40.